The molecule has 0 heterocycles. The fraction of sp³-hybridized carbons (Fsp3) is 0.818. The quantitative estimate of drug-likeness (QED) is 0.212. The van der Waals surface area contributed by atoms with Crippen molar-refractivity contribution in [2.75, 3.05) is 0 Å². The van der Waals surface area contributed by atoms with Crippen LogP contribution < -0.4 is 0 Å². The molecule has 0 aromatic heterocycles. The Labute approximate surface area is 473 Å². The van der Waals surface area contributed by atoms with Crippen LogP contribution in [0, 0.1) is 207 Å². The summed E-state index contributed by atoms with van der Waals surface area (Å²) in [5, 5.41) is 0. The molecule has 0 aliphatic heterocycles. The summed E-state index contributed by atoms with van der Waals surface area (Å²) >= 11 is 0. The van der Waals surface area contributed by atoms with Gasteiger partial charge < -0.3 is 0 Å². The average molecular weight is 1040 g/mol. The van der Waals surface area contributed by atoms with Crippen molar-refractivity contribution in [1.82, 2.24) is 0 Å². The molecule has 14 fully saturated rings. The first-order valence-corrected chi connectivity index (χ1v) is 35.2. The van der Waals surface area contributed by atoms with Crippen molar-refractivity contribution in [3.05, 3.63) is 85.1 Å². The van der Waals surface area contributed by atoms with E-state index in [1.165, 1.54) is 109 Å². The van der Waals surface area contributed by atoms with Crippen LogP contribution in [0.25, 0.3) is 0 Å². The summed E-state index contributed by atoms with van der Waals surface area (Å²) in [5.41, 5.74) is 0. The van der Waals surface area contributed by atoms with Crippen molar-refractivity contribution < 1.29 is 0 Å². The molecule has 14 saturated carbocycles. The summed E-state index contributed by atoms with van der Waals surface area (Å²) in [7, 11) is 0. The Morgan fingerprint density at radius 3 is 0.987 bits per heavy atom. The largest absolute Gasteiger partial charge is 0.0879 e. The third-order valence-corrected chi connectivity index (χ3v) is 30.1. The van der Waals surface area contributed by atoms with E-state index >= 15 is 0 Å². The fourth-order valence-electron chi connectivity index (χ4n) is 27.0. The van der Waals surface area contributed by atoms with Gasteiger partial charge in [0.1, 0.15) is 0 Å². The summed E-state index contributed by atoms with van der Waals surface area (Å²) in [6.45, 7) is 17.2. The predicted molar refractivity (Wildman–Crippen MR) is 323 cm³/mol. The van der Waals surface area contributed by atoms with Crippen molar-refractivity contribution in [3.8, 4) is 0 Å². The van der Waals surface area contributed by atoms with Crippen molar-refractivity contribution in [2.24, 2.45) is 207 Å². The first kappa shape index (κ1) is 52.0. The van der Waals surface area contributed by atoms with Gasteiger partial charge in [-0.15, -0.1) is 0 Å². The van der Waals surface area contributed by atoms with Crippen LogP contribution in [-0.2, 0) is 0 Å². The first-order valence-electron chi connectivity index (χ1n) is 35.2. The number of fused-ring (bicyclic) bond motifs is 35. The summed E-state index contributed by atoms with van der Waals surface area (Å²) in [5.74, 6) is 36.8. The summed E-state index contributed by atoms with van der Waals surface area (Å²) < 4.78 is 0. The third-order valence-electron chi connectivity index (χ3n) is 30.1. The monoisotopic (exact) mass is 1040 g/mol. The van der Waals surface area contributed by atoms with Crippen molar-refractivity contribution in [3.63, 3.8) is 0 Å². The van der Waals surface area contributed by atoms with Gasteiger partial charge >= 0.3 is 0 Å². The van der Waals surface area contributed by atoms with E-state index in [0.29, 0.717) is 0 Å². The Morgan fingerprint density at radius 2 is 0.558 bits per heavy atom. The molecule has 21 aliphatic carbocycles. The molecule has 21 aliphatic rings. The second-order valence-electron chi connectivity index (χ2n) is 33.5. The van der Waals surface area contributed by atoms with Crippen LogP contribution >= 0.6 is 0 Å². The highest BCUT2D eigenvalue weighted by molar-refractivity contribution is 5.20. The molecular formula is C77H112. The standard InChI is InChI=1S/7C11H16/c2*1-7-2-5-10-8-3-4-9(6-8)11(7)10;1-7-4-10-8-2-3-9(6-8)11(10)5-7;4*1-7-5-8-6-11(7)10-4-2-3-9(8)10/h2*3-4,7-11H,2,5-6H2,1H3;2-3,7-11H,4-6H2,1H3;2*2,4,7-11H,3,5-6H2,1H3;2*2-3,7-11H,4-6H2,1H3. The van der Waals surface area contributed by atoms with Crippen LogP contribution in [0.4, 0.5) is 0 Å². The van der Waals surface area contributed by atoms with Gasteiger partial charge in [0.05, 0.1) is 0 Å². The van der Waals surface area contributed by atoms with Crippen LogP contribution in [0.3, 0.4) is 0 Å². The normalized spacial score (nSPS) is 58.8. The molecule has 0 spiro atoms. The maximum absolute atomic E-state index is 2.50. The molecule has 420 valence electrons. The van der Waals surface area contributed by atoms with Crippen molar-refractivity contribution >= 4 is 0 Å². The Morgan fingerprint density at radius 1 is 0.221 bits per heavy atom. The van der Waals surface area contributed by atoms with Gasteiger partial charge in [-0.3, -0.25) is 0 Å². The first-order chi connectivity index (χ1) is 37.5. The highest BCUT2D eigenvalue weighted by atomic mass is 14.6. The molecular weight excluding hydrogens is 925 g/mol. The zero-order valence-electron chi connectivity index (χ0n) is 50.1. The fourth-order valence-corrected chi connectivity index (χ4v) is 27.0. The van der Waals surface area contributed by atoms with E-state index in [1.54, 1.807) is 25.7 Å². The average Bonchev–Trinajstić information content (AvgIpc) is 4.25. The minimum absolute atomic E-state index is 0.988. The van der Waals surface area contributed by atoms with Gasteiger partial charge in [-0.25, -0.2) is 0 Å². The lowest BCUT2D eigenvalue weighted by Crippen LogP contribution is -2.22. The molecule has 0 aromatic carbocycles. The smallest absolute Gasteiger partial charge is 0.0169 e. The van der Waals surface area contributed by atoms with E-state index in [1.807, 2.05) is 0 Å². The minimum Gasteiger partial charge on any atom is -0.0879 e. The Hall–Kier alpha value is -1.82. The van der Waals surface area contributed by atoms with Crippen LogP contribution in [0.15, 0.2) is 85.1 Å². The van der Waals surface area contributed by atoms with Gasteiger partial charge in [0.15, 0.2) is 0 Å². The molecule has 0 heteroatoms. The molecule has 14 bridgehead atoms. The van der Waals surface area contributed by atoms with Crippen LogP contribution in [-0.4, -0.2) is 0 Å². The second kappa shape index (κ2) is 20.8. The van der Waals surface area contributed by atoms with E-state index in [0.717, 1.165) is 207 Å². The topological polar surface area (TPSA) is 0 Å². The van der Waals surface area contributed by atoms with Gasteiger partial charge in [0.2, 0.25) is 0 Å². The zero-order valence-corrected chi connectivity index (χ0v) is 50.1. The molecule has 34 atom stereocenters. The Balaban J connectivity index is 0.0000000784. The second-order valence-corrected chi connectivity index (χ2v) is 33.5. The lowest BCUT2D eigenvalue weighted by atomic mass is 9.76. The van der Waals surface area contributed by atoms with E-state index < -0.39 is 0 Å². The molecule has 0 amide bonds. The lowest BCUT2D eigenvalue weighted by Gasteiger charge is -2.28. The Bertz CT molecular complexity index is 2170. The molecule has 0 N–H and O–H groups in total. The van der Waals surface area contributed by atoms with Gasteiger partial charge in [-0.1, -0.05) is 146 Å². The van der Waals surface area contributed by atoms with E-state index in [2.05, 4.69) is 134 Å². The Kier molecular flexibility index (Phi) is 14.1. The van der Waals surface area contributed by atoms with Crippen LogP contribution in [0.2, 0.25) is 0 Å². The van der Waals surface area contributed by atoms with E-state index in [9.17, 15) is 0 Å². The lowest BCUT2D eigenvalue weighted by molar-refractivity contribution is 0.219. The highest BCUT2D eigenvalue weighted by Crippen LogP contribution is 2.64. The molecule has 0 radical (unpaired) electrons. The van der Waals surface area contributed by atoms with E-state index in [4.69, 9.17) is 0 Å². The third kappa shape index (κ3) is 9.00. The van der Waals surface area contributed by atoms with Gasteiger partial charge in [-0.2, -0.15) is 0 Å². The van der Waals surface area contributed by atoms with Gasteiger partial charge in [-0.05, 0) is 329 Å². The predicted octanol–water partition coefficient (Wildman–Crippen LogP) is 20.0. The molecule has 21 rings (SSSR count). The summed E-state index contributed by atoms with van der Waals surface area (Å²) in [6, 6.07) is 0. The summed E-state index contributed by atoms with van der Waals surface area (Å²) in [4.78, 5) is 0. The minimum atomic E-state index is 0.988. The van der Waals surface area contributed by atoms with Crippen molar-refractivity contribution in [2.45, 2.75) is 183 Å². The molecule has 34 unspecified atom stereocenters. The van der Waals surface area contributed by atoms with Crippen LogP contribution in [0.1, 0.15) is 183 Å². The molecule has 0 nitrogen and oxygen atoms in total. The maximum Gasteiger partial charge on any atom is -0.0169 e. The molecule has 0 saturated heterocycles. The number of hydrogen-bond donors (Lipinski definition) is 0. The van der Waals surface area contributed by atoms with Crippen molar-refractivity contribution in [1.29, 1.82) is 0 Å². The number of allylic oxidation sites excluding steroid dienone is 14. The zero-order chi connectivity index (χ0) is 52.0. The maximum atomic E-state index is 2.50. The van der Waals surface area contributed by atoms with Gasteiger partial charge in [0.25, 0.3) is 0 Å². The summed E-state index contributed by atoms with van der Waals surface area (Å²) in [6.07, 6.45) is 66.2. The van der Waals surface area contributed by atoms with E-state index in [-0.39, 0.29) is 0 Å². The SMILES string of the molecule is CC1CC2C3C=CC(C3)C2C1.CC1CC2CC1C1C=CCC21.CC1CC2CC1C1C=CCC21.CC1CC2CC1C1CC=CC21.CC1CC2CC1C1CC=CC21.CC1CCC2C3C=CC(C3)C12.CC1CCC2C3C=CC(C3)C12. The number of hydrogen-bond acceptors (Lipinski definition) is 0. The molecule has 77 heavy (non-hydrogen) atoms. The van der Waals surface area contributed by atoms with Gasteiger partial charge in [0, 0.05) is 0 Å². The van der Waals surface area contributed by atoms with Crippen LogP contribution in [0.5, 0.6) is 0 Å². The highest BCUT2D eigenvalue weighted by Gasteiger charge is 2.55. The number of rotatable bonds is 0. The molecule has 0 aromatic rings.